The van der Waals surface area contributed by atoms with Gasteiger partial charge in [0.2, 0.25) is 0 Å². The van der Waals surface area contributed by atoms with Crippen molar-refractivity contribution in [2.75, 3.05) is 13.2 Å². The van der Waals surface area contributed by atoms with Crippen molar-refractivity contribution in [3.63, 3.8) is 0 Å². The number of rotatable bonds is 2. The zero-order valence-corrected chi connectivity index (χ0v) is 10.8. The molecule has 4 aliphatic rings. The summed E-state index contributed by atoms with van der Waals surface area (Å²) in [5.74, 6) is -3.43. The standard InChI is InChI=1S/C14H15F3O3/c15-14(16,17)13(19-6-7-20-13)12-10-3-1-2-9(4-5-10)11(12)8-18/h4-5,8-10H,1-3,6-7H2. The molecule has 2 atom stereocenters. The molecule has 2 unspecified atom stereocenters. The van der Waals surface area contributed by atoms with Crippen LogP contribution >= 0.6 is 0 Å². The van der Waals surface area contributed by atoms with E-state index in [-0.39, 0.29) is 30.3 Å². The molecule has 6 heteroatoms. The maximum atomic E-state index is 13.5. The van der Waals surface area contributed by atoms with Crippen LogP contribution in [0, 0.1) is 11.8 Å². The zero-order valence-electron chi connectivity index (χ0n) is 10.8. The van der Waals surface area contributed by atoms with Crippen molar-refractivity contribution < 1.29 is 27.4 Å². The monoisotopic (exact) mass is 288 g/mol. The van der Waals surface area contributed by atoms with Crippen LogP contribution in [0.25, 0.3) is 0 Å². The van der Waals surface area contributed by atoms with Gasteiger partial charge in [-0.25, -0.2) is 0 Å². The van der Waals surface area contributed by atoms with Crippen LogP contribution < -0.4 is 0 Å². The molecule has 0 aromatic heterocycles. The molecule has 0 aromatic rings. The Morgan fingerprint density at radius 3 is 2.35 bits per heavy atom. The van der Waals surface area contributed by atoms with Gasteiger partial charge in [-0.1, -0.05) is 18.6 Å². The third-order valence-corrected chi connectivity index (χ3v) is 4.24. The van der Waals surface area contributed by atoms with E-state index in [9.17, 15) is 18.0 Å². The first kappa shape index (κ1) is 13.8. The van der Waals surface area contributed by atoms with E-state index in [2.05, 4.69) is 0 Å². The second kappa shape index (κ2) is 4.70. The Balaban J connectivity index is 2.16. The summed E-state index contributed by atoms with van der Waals surface area (Å²) in [4.78, 5) is 11.4. The average Bonchev–Trinajstić information content (AvgIpc) is 2.71. The van der Waals surface area contributed by atoms with Crippen LogP contribution in [0.3, 0.4) is 0 Å². The Morgan fingerprint density at radius 1 is 1.15 bits per heavy atom. The molecule has 1 heterocycles. The van der Waals surface area contributed by atoms with Crippen molar-refractivity contribution in [3.05, 3.63) is 23.3 Å². The number of aldehydes is 1. The van der Waals surface area contributed by atoms with Crippen LogP contribution in [0.2, 0.25) is 0 Å². The molecule has 110 valence electrons. The van der Waals surface area contributed by atoms with E-state index in [1.54, 1.807) is 6.08 Å². The van der Waals surface area contributed by atoms with Crippen LogP contribution in [-0.2, 0) is 14.3 Å². The van der Waals surface area contributed by atoms with Gasteiger partial charge < -0.3 is 9.47 Å². The second-order valence-corrected chi connectivity index (χ2v) is 5.33. The van der Waals surface area contributed by atoms with Crippen molar-refractivity contribution in [2.45, 2.75) is 31.2 Å². The van der Waals surface area contributed by atoms with E-state index in [0.717, 1.165) is 6.42 Å². The van der Waals surface area contributed by atoms with E-state index >= 15 is 0 Å². The van der Waals surface area contributed by atoms with E-state index in [4.69, 9.17) is 9.47 Å². The van der Waals surface area contributed by atoms with Gasteiger partial charge in [0.05, 0.1) is 13.2 Å². The number of allylic oxidation sites excluding steroid dienone is 3. The molecule has 0 N–H and O–H groups in total. The van der Waals surface area contributed by atoms with E-state index in [0.29, 0.717) is 19.1 Å². The van der Waals surface area contributed by atoms with Gasteiger partial charge in [-0.15, -0.1) is 0 Å². The number of carbonyl (C=O) groups excluding carboxylic acids is 1. The third kappa shape index (κ3) is 1.85. The molecule has 20 heavy (non-hydrogen) atoms. The molecule has 1 fully saturated rings. The van der Waals surface area contributed by atoms with Crippen LogP contribution in [0.5, 0.6) is 0 Å². The SMILES string of the molecule is O=CC1=C(C2(C(F)(F)F)OCCO2)C2C=CC1CCC2. The fraction of sp³-hybridized carbons (Fsp3) is 0.643. The molecule has 0 aromatic carbocycles. The molecule has 4 rings (SSSR count). The van der Waals surface area contributed by atoms with Crippen molar-refractivity contribution in [1.29, 1.82) is 0 Å². The number of ether oxygens (including phenoxy) is 2. The van der Waals surface area contributed by atoms with Crippen LogP contribution in [0.1, 0.15) is 19.3 Å². The second-order valence-electron chi connectivity index (χ2n) is 5.33. The molecule has 0 spiro atoms. The van der Waals surface area contributed by atoms with Gasteiger partial charge in [-0.3, -0.25) is 4.79 Å². The summed E-state index contributed by atoms with van der Waals surface area (Å²) in [5.41, 5.74) is 0.164. The lowest BCUT2D eigenvalue weighted by Gasteiger charge is -2.37. The van der Waals surface area contributed by atoms with Gasteiger partial charge >= 0.3 is 6.18 Å². The Bertz CT molecular complexity index is 473. The summed E-state index contributed by atoms with van der Waals surface area (Å²) in [6, 6.07) is 0. The molecule has 2 bridgehead atoms. The smallest absolute Gasteiger partial charge is 0.337 e. The largest absolute Gasteiger partial charge is 0.447 e. The minimum Gasteiger partial charge on any atom is -0.337 e. The van der Waals surface area contributed by atoms with Gasteiger partial charge in [0, 0.05) is 23.0 Å². The van der Waals surface area contributed by atoms with E-state index in [1.807, 2.05) is 6.08 Å². The van der Waals surface area contributed by atoms with Crippen LogP contribution in [0.15, 0.2) is 23.3 Å². The first-order valence-electron chi connectivity index (χ1n) is 6.72. The maximum absolute atomic E-state index is 13.5. The summed E-state index contributed by atoms with van der Waals surface area (Å²) in [5, 5.41) is 0. The quantitative estimate of drug-likeness (QED) is 0.579. The molecular formula is C14H15F3O3. The van der Waals surface area contributed by atoms with E-state index < -0.39 is 17.9 Å². The normalized spacial score (nSPS) is 32.5. The highest BCUT2D eigenvalue weighted by atomic mass is 19.4. The lowest BCUT2D eigenvalue weighted by molar-refractivity contribution is -0.326. The zero-order chi connectivity index (χ0) is 14.4. The van der Waals surface area contributed by atoms with Gasteiger partial charge in [0.1, 0.15) is 6.29 Å². The highest BCUT2D eigenvalue weighted by molar-refractivity contribution is 5.78. The Kier molecular flexibility index (Phi) is 3.25. The number of halogens is 3. The number of hydrogen-bond donors (Lipinski definition) is 0. The van der Waals surface area contributed by atoms with Crippen molar-refractivity contribution in [1.82, 2.24) is 0 Å². The molecule has 3 aliphatic carbocycles. The summed E-state index contributed by atoms with van der Waals surface area (Å²) in [7, 11) is 0. The first-order valence-corrected chi connectivity index (χ1v) is 6.72. The molecule has 1 aliphatic heterocycles. The molecule has 0 radical (unpaired) electrons. The third-order valence-electron chi connectivity index (χ3n) is 4.24. The summed E-state index contributed by atoms with van der Waals surface area (Å²) >= 11 is 0. The summed E-state index contributed by atoms with van der Waals surface area (Å²) in [6.45, 7) is -0.230. The minimum absolute atomic E-state index is 0.0255. The fourth-order valence-corrected chi connectivity index (χ4v) is 3.40. The molecular weight excluding hydrogens is 273 g/mol. The number of hydrogen-bond acceptors (Lipinski definition) is 3. The van der Waals surface area contributed by atoms with Crippen LogP contribution in [0.4, 0.5) is 13.2 Å². The summed E-state index contributed by atoms with van der Waals surface area (Å²) in [6.07, 6.45) is 1.52. The molecule has 0 saturated carbocycles. The van der Waals surface area contributed by atoms with Gasteiger partial charge in [-0.2, -0.15) is 13.2 Å². The van der Waals surface area contributed by atoms with E-state index in [1.165, 1.54) is 0 Å². The highest BCUT2D eigenvalue weighted by Gasteiger charge is 2.64. The number of alkyl halides is 3. The maximum Gasteiger partial charge on any atom is 0.447 e. The Morgan fingerprint density at radius 2 is 1.75 bits per heavy atom. The Hall–Kier alpha value is -1.14. The minimum atomic E-state index is -4.69. The fourth-order valence-electron chi connectivity index (χ4n) is 3.40. The molecule has 0 amide bonds. The molecule has 3 nitrogen and oxygen atoms in total. The predicted molar refractivity (Wildman–Crippen MR) is 63.8 cm³/mol. The lowest BCUT2D eigenvalue weighted by Crippen LogP contribution is -2.50. The van der Waals surface area contributed by atoms with Gasteiger partial charge in [-0.05, 0) is 12.8 Å². The highest BCUT2D eigenvalue weighted by Crippen LogP contribution is 2.51. The van der Waals surface area contributed by atoms with Gasteiger partial charge in [0.15, 0.2) is 0 Å². The topological polar surface area (TPSA) is 35.5 Å². The number of carbonyl (C=O) groups is 1. The van der Waals surface area contributed by atoms with Gasteiger partial charge in [0.25, 0.3) is 5.79 Å². The summed E-state index contributed by atoms with van der Waals surface area (Å²) < 4.78 is 50.6. The average molecular weight is 288 g/mol. The Labute approximate surface area is 114 Å². The lowest BCUT2D eigenvalue weighted by atomic mass is 9.79. The van der Waals surface area contributed by atoms with Crippen molar-refractivity contribution in [2.24, 2.45) is 11.8 Å². The predicted octanol–water partition coefficient (Wildman–Crippen LogP) is 2.77. The number of fused-ring (bicyclic) bond motifs is 2. The van der Waals surface area contributed by atoms with Crippen molar-refractivity contribution in [3.8, 4) is 0 Å². The van der Waals surface area contributed by atoms with Crippen molar-refractivity contribution >= 4 is 6.29 Å². The molecule has 1 saturated heterocycles. The first-order chi connectivity index (χ1) is 9.49. The van der Waals surface area contributed by atoms with Crippen LogP contribution in [-0.4, -0.2) is 31.5 Å².